The molecule has 0 aromatic carbocycles. The third kappa shape index (κ3) is 6.36. The molecule has 1 atom stereocenters. The quantitative estimate of drug-likeness (QED) is 0.362. The van der Waals surface area contributed by atoms with Crippen LogP contribution in [0.4, 0.5) is 0 Å². The minimum absolute atomic E-state index is 0.0597. The number of morpholine rings is 1. The number of nitrogens with zero attached hydrogens (tertiary/aromatic N) is 2. The van der Waals surface area contributed by atoms with E-state index in [1.165, 1.54) is 0 Å². The van der Waals surface area contributed by atoms with Gasteiger partial charge >= 0.3 is 0 Å². The molecular weight excluding hydrogens is 256 g/mol. The third-order valence-corrected chi connectivity index (χ3v) is 2.99. The lowest BCUT2D eigenvalue weighted by molar-refractivity contribution is -0.767. The zero-order valence-electron chi connectivity index (χ0n) is 9.02. The molecule has 1 aliphatic heterocycles. The van der Waals surface area contributed by atoms with Gasteiger partial charge in [-0.15, -0.1) is 10.1 Å². The summed E-state index contributed by atoms with van der Waals surface area (Å²) < 4.78 is 35.1. The smallest absolute Gasteiger partial charge is 0.294 e. The molecule has 1 heterocycles. The summed E-state index contributed by atoms with van der Waals surface area (Å²) in [6.45, 7) is 2.12. The van der Waals surface area contributed by atoms with Gasteiger partial charge in [0, 0.05) is 19.6 Å². The average molecular weight is 270 g/mol. The Hall–Kier alpha value is -0.970. The van der Waals surface area contributed by atoms with Gasteiger partial charge in [-0.3, -0.25) is 9.45 Å². The Morgan fingerprint density at radius 1 is 1.47 bits per heavy atom. The van der Waals surface area contributed by atoms with Gasteiger partial charge in [-0.25, -0.2) is 0 Å². The largest absolute Gasteiger partial charge is 0.379 e. The fourth-order valence-electron chi connectivity index (χ4n) is 1.54. The molecule has 0 bridgehead atoms. The van der Waals surface area contributed by atoms with E-state index in [-0.39, 0.29) is 6.54 Å². The maximum atomic E-state index is 10.7. The van der Waals surface area contributed by atoms with Crippen molar-refractivity contribution >= 4 is 10.1 Å². The van der Waals surface area contributed by atoms with Gasteiger partial charge in [-0.2, -0.15) is 8.42 Å². The van der Waals surface area contributed by atoms with Crippen molar-refractivity contribution in [3.05, 3.63) is 10.1 Å². The number of ether oxygens (including phenoxy) is 1. The van der Waals surface area contributed by atoms with Gasteiger partial charge in [-0.05, 0) is 0 Å². The normalized spacial score (nSPS) is 19.8. The molecule has 17 heavy (non-hydrogen) atoms. The first-order valence-electron chi connectivity index (χ1n) is 4.93. The Labute approximate surface area is 98.1 Å². The first-order chi connectivity index (χ1) is 7.87. The Balaban J connectivity index is 2.52. The maximum absolute atomic E-state index is 10.7. The summed E-state index contributed by atoms with van der Waals surface area (Å²) in [5.74, 6) is -0.800. The van der Waals surface area contributed by atoms with Crippen LogP contribution in [0.25, 0.3) is 0 Å². The van der Waals surface area contributed by atoms with Crippen LogP contribution in [-0.4, -0.2) is 67.7 Å². The summed E-state index contributed by atoms with van der Waals surface area (Å²) in [6, 6.07) is 0. The minimum atomic E-state index is -4.31. The summed E-state index contributed by atoms with van der Waals surface area (Å²) in [5, 5.41) is 9.14. The first-order valence-corrected chi connectivity index (χ1v) is 6.54. The molecule has 1 saturated heterocycles. The predicted molar refractivity (Wildman–Crippen MR) is 55.5 cm³/mol. The van der Waals surface area contributed by atoms with E-state index in [9.17, 15) is 18.5 Å². The monoisotopic (exact) mass is 270 g/mol. The Bertz CT molecular complexity index is 351. The van der Waals surface area contributed by atoms with Crippen molar-refractivity contribution in [2.75, 3.05) is 38.6 Å². The Morgan fingerprint density at radius 3 is 2.53 bits per heavy atom. The van der Waals surface area contributed by atoms with E-state index < -0.39 is 27.1 Å². The van der Waals surface area contributed by atoms with E-state index in [0.29, 0.717) is 26.3 Å². The molecule has 100 valence electrons. The molecule has 10 heteroatoms. The van der Waals surface area contributed by atoms with Crippen molar-refractivity contribution in [3.63, 3.8) is 0 Å². The highest BCUT2D eigenvalue weighted by molar-refractivity contribution is 7.85. The number of hydrogen-bond acceptors (Lipinski definition) is 7. The van der Waals surface area contributed by atoms with Gasteiger partial charge < -0.3 is 9.57 Å². The molecule has 0 aromatic rings. The van der Waals surface area contributed by atoms with E-state index in [1.807, 2.05) is 0 Å². The van der Waals surface area contributed by atoms with Crippen LogP contribution in [0, 0.1) is 10.1 Å². The number of hydrogen-bond donors (Lipinski definition) is 1. The highest BCUT2D eigenvalue weighted by Gasteiger charge is 2.24. The zero-order valence-corrected chi connectivity index (χ0v) is 9.84. The van der Waals surface area contributed by atoms with Gasteiger partial charge in [0.05, 0.1) is 13.2 Å². The van der Waals surface area contributed by atoms with Crippen molar-refractivity contribution in [3.8, 4) is 0 Å². The van der Waals surface area contributed by atoms with E-state index in [1.54, 1.807) is 4.90 Å². The van der Waals surface area contributed by atoms with E-state index in [2.05, 4.69) is 4.84 Å². The second-order valence-electron chi connectivity index (χ2n) is 3.61. The van der Waals surface area contributed by atoms with Gasteiger partial charge in [0.1, 0.15) is 11.9 Å². The van der Waals surface area contributed by atoms with Crippen molar-refractivity contribution < 1.29 is 27.6 Å². The lowest BCUT2D eigenvalue weighted by Gasteiger charge is -2.28. The molecule has 9 nitrogen and oxygen atoms in total. The minimum Gasteiger partial charge on any atom is -0.379 e. The molecule has 0 saturated carbocycles. The summed E-state index contributed by atoms with van der Waals surface area (Å²) in [4.78, 5) is 16.2. The highest BCUT2D eigenvalue weighted by atomic mass is 32.2. The fourth-order valence-corrected chi connectivity index (χ4v) is 2.18. The van der Waals surface area contributed by atoms with Gasteiger partial charge in [0.15, 0.2) is 0 Å². The summed E-state index contributed by atoms with van der Waals surface area (Å²) >= 11 is 0. The molecule has 1 unspecified atom stereocenters. The molecule has 0 aromatic heterocycles. The topological polar surface area (TPSA) is 119 Å². The molecule has 0 aliphatic carbocycles. The molecule has 1 rings (SSSR count). The van der Waals surface area contributed by atoms with Gasteiger partial charge in [0.2, 0.25) is 0 Å². The van der Waals surface area contributed by atoms with E-state index >= 15 is 0 Å². The molecule has 1 fully saturated rings. The van der Waals surface area contributed by atoms with Crippen LogP contribution in [0.15, 0.2) is 0 Å². The van der Waals surface area contributed by atoms with Crippen molar-refractivity contribution in [2.45, 2.75) is 6.10 Å². The summed E-state index contributed by atoms with van der Waals surface area (Å²) in [5.41, 5.74) is 0. The highest BCUT2D eigenvalue weighted by Crippen LogP contribution is 2.04. The fraction of sp³-hybridized carbons (Fsp3) is 1.00. The lowest BCUT2D eigenvalue weighted by atomic mass is 10.3. The van der Waals surface area contributed by atoms with Gasteiger partial charge in [-0.1, -0.05) is 0 Å². The SMILES string of the molecule is O=[N+]([O-])OC(CN1CCOCC1)CS(=O)(=O)O. The van der Waals surface area contributed by atoms with Crippen LogP contribution in [0.2, 0.25) is 0 Å². The standard InChI is InChI=1S/C7H14N2O7S/c10-9(11)16-7(6-17(12,13)14)5-8-1-3-15-4-2-8/h7H,1-6H2,(H,12,13,14). The molecule has 0 radical (unpaired) electrons. The summed E-state index contributed by atoms with van der Waals surface area (Å²) in [7, 11) is -4.31. The van der Waals surface area contributed by atoms with Crippen LogP contribution in [0.1, 0.15) is 0 Å². The van der Waals surface area contributed by atoms with Gasteiger partial charge in [0.25, 0.3) is 15.2 Å². The van der Waals surface area contributed by atoms with Crippen LogP contribution in [0.3, 0.4) is 0 Å². The van der Waals surface area contributed by atoms with Crippen LogP contribution in [-0.2, 0) is 19.7 Å². The van der Waals surface area contributed by atoms with Crippen molar-refractivity contribution in [1.29, 1.82) is 0 Å². The average Bonchev–Trinajstić information content (AvgIpc) is 2.15. The number of rotatable bonds is 6. The molecular formula is C7H14N2O7S. The second-order valence-corrected chi connectivity index (χ2v) is 5.11. The first kappa shape index (κ1) is 14.1. The Morgan fingerprint density at radius 2 is 2.06 bits per heavy atom. The predicted octanol–water partition coefficient (Wildman–Crippen LogP) is -1.22. The van der Waals surface area contributed by atoms with E-state index in [4.69, 9.17) is 9.29 Å². The molecule has 0 amide bonds. The van der Waals surface area contributed by atoms with Crippen LogP contribution >= 0.6 is 0 Å². The third-order valence-electron chi connectivity index (χ3n) is 2.20. The molecule has 1 N–H and O–H groups in total. The Kier molecular flexibility index (Phi) is 5.05. The van der Waals surface area contributed by atoms with E-state index in [0.717, 1.165) is 0 Å². The van der Waals surface area contributed by atoms with Crippen molar-refractivity contribution in [2.24, 2.45) is 0 Å². The van der Waals surface area contributed by atoms with Crippen LogP contribution in [0.5, 0.6) is 0 Å². The summed E-state index contributed by atoms with van der Waals surface area (Å²) in [6.07, 6.45) is -1.20. The second kappa shape index (κ2) is 6.10. The lowest BCUT2D eigenvalue weighted by Crippen LogP contribution is -2.44. The molecule has 0 spiro atoms. The molecule has 1 aliphatic rings. The van der Waals surface area contributed by atoms with Crippen molar-refractivity contribution in [1.82, 2.24) is 4.90 Å². The van der Waals surface area contributed by atoms with Crippen LogP contribution < -0.4 is 0 Å². The zero-order chi connectivity index (χ0) is 12.9. The maximum Gasteiger partial charge on any atom is 0.294 e.